The molecule has 0 aliphatic heterocycles. The molecule has 0 bridgehead atoms. The van der Waals surface area contributed by atoms with E-state index in [0.717, 1.165) is 23.5 Å². The predicted molar refractivity (Wildman–Crippen MR) is 137 cm³/mol. The van der Waals surface area contributed by atoms with E-state index in [-0.39, 0.29) is 9.79 Å². The van der Waals surface area contributed by atoms with Crippen LogP contribution in [0.15, 0.2) is 51.9 Å². The molecule has 11 heteroatoms. The first-order chi connectivity index (χ1) is 13.7. The molecular formula is C18H16Br6O4S. The van der Waals surface area contributed by atoms with E-state index in [9.17, 15) is 8.42 Å². The van der Waals surface area contributed by atoms with Crippen molar-refractivity contribution in [2.45, 2.75) is 22.6 Å². The molecule has 0 amide bonds. The minimum absolute atomic E-state index is 0.149. The molecule has 0 saturated carbocycles. The van der Waals surface area contributed by atoms with Crippen molar-refractivity contribution in [2.24, 2.45) is 0 Å². The van der Waals surface area contributed by atoms with Gasteiger partial charge in [-0.2, -0.15) is 0 Å². The van der Waals surface area contributed by atoms with Crippen molar-refractivity contribution in [3.8, 4) is 11.5 Å². The maximum Gasteiger partial charge on any atom is 0.206 e. The molecule has 0 atom stereocenters. The van der Waals surface area contributed by atoms with E-state index in [1.165, 1.54) is 0 Å². The number of halogens is 6. The maximum atomic E-state index is 13.2. The lowest BCUT2D eigenvalue weighted by atomic mass is 10.3. The Balaban J connectivity index is 2.37. The highest BCUT2D eigenvalue weighted by Crippen LogP contribution is 2.40. The summed E-state index contributed by atoms with van der Waals surface area (Å²) < 4.78 is 40.1. The van der Waals surface area contributed by atoms with Gasteiger partial charge in [-0.25, -0.2) is 8.42 Å². The summed E-state index contributed by atoms with van der Waals surface area (Å²) in [6.07, 6.45) is 1.68. The molecule has 0 fully saturated rings. The first kappa shape index (κ1) is 26.1. The third-order valence-corrected chi connectivity index (χ3v) is 8.80. The topological polar surface area (TPSA) is 52.6 Å². The summed E-state index contributed by atoms with van der Waals surface area (Å²) in [5.41, 5.74) is 0. The van der Waals surface area contributed by atoms with Crippen LogP contribution in [0.25, 0.3) is 0 Å². The highest BCUT2D eigenvalue weighted by atomic mass is 79.9. The van der Waals surface area contributed by atoms with Gasteiger partial charge < -0.3 is 9.47 Å². The lowest BCUT2D eigenvalue weighted by Gasteiger charge is -2.14. The molecule has 0 spiro atoms. The fourth-order valence-corrected chi connectivity index (χ4v) is 7.51. The van der Waals surface area contributed by atoms with Crippen LogP contribution in [0.3, 0.4) is 0 Å². The van der Waals surface area contributed by atoms with Crippen molar-refractivity contribution in [1.29, 1.82) is 0 Å². The zero-order valence-corrected chi connectivity index (χ0v) is 25.2. The third kappa shape index (κ3) is 6.92. The Morgan fingerprint density at radius 1 is 0.655 bits per heavy atom. The van der Waals surface area contributed by atoms with Crippen LogP contribution in [-0.2, 0) is 9.84 Å². The second kappa shape index (κ2) is 12.2. The van der Waals surface area contributed by atoms with Crippen molar-refractivity contribution in [2.75, 3.05) is 23.9 Å². The summed E-state index contributed by atoms with van der Waals surface area (Å²) in [4.78, 5) is 0.298. The van der Waals surface area contributed by atoms with Crippen LogP contribution >= 0.6 is 95.6 Å². The number of benzene rings is 2. The van der Waals surface area contributed by atoms with Crippen LogP contribution in [0.4, 0.5) is 0 Å². The SMILES string of the molecule is O=S(=O)(c1cc(Br)c(OCCCBr)c(Br)c1)c1cc(Br)c(OCCCBr)c(Br)c1. The summed E-state index contributed by atoms with van der Waals surface area (Å²) in [5.74, 6) is 1.14. The van der Waals surface area contributed by atoms with Crippen LogP contribution < -0.4 is 9.47 Å². The molecule has 2 aromatic carbocycles. The van der Waals surface area contributed by atoms with Crippen LogP contribution in [0.1, 0.15) is 12.8 Å². The summed E-state index contributed by atoms with van der Waals surface area (Å²) in [5, 5.41) is 1.66. The molecule has 0 unspecified atom stereocenters. The van der Waals surface area contributed by atoms with E-state index in [1.807, 2.05) is 0 Å². The van der Waals surface area contributed by atoms with E-state index in [4.69, 9.17) is 9.47 Å². The van der Waals surface area contributed by atoms with Crippen molar-refractivity contribution in [1.82, 2.24) is 0 Å². The van der Waals surface area contributed by atoms with Gasteiger partial charge >= 0.3 is 0 Å². The van der Waals surface area contributed by atoms with Crippen LogP contribution in [-0.4, -0.2) is 32.3 Å². The van der Waals surface area contributed by atoms with Gasteiger partial charge in [0, 0.05) is 10.7 Å². The molecule has 2 aromatic rings. The van der Waals surface area contributed by atoms with Crippen LogP contribution in [0, 0.1) is 0 Å². The third-order valence-electron chi connectivity index (χ3n) is 3.61. The summed E-state index contributed by atoms with van der Waals surface area (Å²) >= 11 is 20.4. The highest BCUT2D eigenvalue weighted by molar-refractivity contribution is 9.11. The normalized spacial score (nSPS) is 11.5. The van der Waals surface area contributed by atoms with Gasteiger partial charge in [0.2, 0.25) is 9.84 Å². The Kier molecular flexibility index (Phi) is 11.0. The summed E-state index contributed by atoms with van der Waals surface area (Å²) in [7, 11) is -3.76. The lowest BCUT2D eigenvalue weighted by Crippen LogP contribution is -2.06. The molecule has 0 radical (unpaired) electrons. The van der Waals surface area contributed by atoms with Gasteiger partial charge in [0.15, 0.2) is 0 Å². The van der Waals surface area contributed by atoms with E-state index in [2.05, 4.69) is 95.6 Å². The van der Waals surface area contributed by atoms with Crippen LogP contribution in [0.5, 0.6) is 11.5 Å². The van der Waals surface area contributed by atoms with Crippen molar-refractivity contribution < 1.29 is 17.9 Å². The number of hydrogen-bond acceptors (Lipinski definition) is 4. The number of ether oxygens (including phenoxy) is 2. The minimum atomic E-state index is -3.76. The second-order valence-corrected chi connectivity index (χ2v) is 12.7. The van der Waals surface area contributed by atoms with Gasteiger partial charge in [0.05, 0.1) is 40.9 Å². The molecule has 2 rings (SSSR count). The van der Waals surface area contributed by atoms with Crippen molar-refractivity contribution >= 4 is 105 Å². The van der Waals surface area contributed by atoms with Gasteiger partial charge in [-0.15, -0.1) is 0 Å². The van der Waals surface area contributed by atoms with Gasteiger partial charge in [-0.3, -0.25) is 0 Å². The maximum absolute atomic E-state index is 13.2. The quantitative estimate of drug-likeness (QED) is 0.181. The fourth-order valence-electron chi connectivity index (χ4n) is 2.25. The zero-order chi connectivity index (χ0) is 21.6. The van der Waals surface area contributed by atoms with Gasteiger partial charge in [-0.1, -0.05) is 31.9 Å². The molecular weight excluding hydrogens is 792 g/mol. The molecule has 160 valence electrons. The molecule has 29 heavy (non-hydrogen) atoms. The average molecular weight is 808 g/mol. The van der Waals surface area contributed by atoms with Gasteiger partial charge in [-0.05, 0) is 101 Å². The number of hydrogen-bond donors (Lipinski definition) is 0. The van der Waals surface area contributed by atoms with Gasteiger partial charge in [0.25, 0.3) is 0 Å². The van der Waals surface area contributed by atoms with E-state index >= 15 is 0 Å². The van der Waals surface area contributed by atoms with E-state index in [1.54, 1.807) is 24.3 Å². The molecule has 4 nitrogen and oxygen atoms in total. The Morgan fingerprint density at radius 3 is 1.24 bits per heavy atom. The molecule has 0 aromatic heterocycles. The number of rotatable bonds is 10. The molecule has 0 N–H and O–H groups in total. The Morgan fingerprint density at radius 2 is 0.966 bits per heavy atom. The minimum Gasteiger partial charge on any atom is -0.491 e. The van der Waals surface area contributed by atoms with Gasteiger partial charge in [0.1, 0.15) is 11.5 Å². The standard InChI is InChI=1S/C18H16Br6O4S/c19-3-1-5-27-17-13(21)7-11(8-14(17)22)29(25,26)12-9-15(23)18(16(24)10-12)28-6-2-4-20/h7-10H,1-6H2. The van der Waals surface area contributed by atoms with E-state index in [0.29, 0.717) is 42.6 Å². The predicted octanol–water partition coefficient (Wildman–Crippen LogP) is 7.90. The number of sulfone groups is 1. The molecule has 0 aliphatic rings. The van der Waals surface area contributed by atoms with E-state index < -0.39 is 9.84 Å². The largest absolute Gasteiger partial charge is 0.491 e. The Hall–Kier alpha value is 0.870. The summed E-state index contributed by atoms with van der Waals surface area (Å²) in [6.45, 7) is 1.04. The molecule has 0 aliphatic carbocycles. The highest BCUT2D eigenvalue weighted by Gasteiger charge is 2.24. The smallest absolute Gasteiger partial charge is 0.206 e. The van der Waals surface area contributed by atoms with Crippen molar-refractivity contribution in [3.05, 3.63) is 42.2 Å². The van der Waals surface area contributed by atoms with Crippen LogP contribution in [0.2, 0.25) is 0 Å². The first-order valence-electron chi connectivity index (χ1n) is 8.33. The Labute approximate surface area is 221 Å². The molecule has 0 saturated heterocycles. The average Bonchev–Trinajstić information content (AvgIpc) is 2.65. The second-order valence-electron chi connectivity index (χ2n) is 5.72. The lowest BCUT2D eigenvalue weighted by molar-refractivity contribution is 0.315. The van der Waals surface area contributed by atoms with Crippen molar-refractivity contribution in [3.63, 3.8) is 0 Å². The zero-order valence-electron chi connectivity index (χ0n) is 14.9. The number of alkyl halides is 2. The first-order valence-corrected chi connectivity index (χ1v) is 15.2. The summed E-state index contributed by atoms with van der Waals surface area (Å²) in [6, 6.07) is 6.19. The fraction of sp³-hybridized carbons (Fsp3) is 0.333. The Bertz CT molecular complexity index is 847. The monoisotopic (exact) mass is 802 g/mol. The molecule has 0 heterocycles.